The third kappa shape index (κ3) is 3.80. The van der Waals surface area contributed by atoms with E-state index in [0.29, 0.717) is 11.3 Å². The van der Waals surface area contributed by atoms with Crippen molar-refractivity contribution in [3.05, 3.63) is 29.3 Å². The fourth-order valence-corrected chi connectivity index (χ4v) is 1.90. The number of carbonyl (C=O) groups is 2. The van der Waals surface area contributed by atoms with Crippen LogP contribution in [-0.2, 0) is 16.0 Å². The van der Waals surface area contributed by atoms with Gasteiger partial charge in [-0.2, -0.15) is 13.2 Å². The number of Topliss-reactive ketones (excluding diaryl/α,β-unsaturated/α-hetero) is 1. The molecule has 1 amide bonds. The minimum Gasteiger partial charge on any atom is -0.372 e. The molecule has 0 saturated heterocycles. The van der Waals surface area contributed by atoms with E-state index < -0.39 is 12.8 Å². The van der Waals surface area contributed by atoms with Gasteiger partial charge in [-0.05, 0) is 23.8 Å². The van der Waals surface area contributed by atoms with Gasteiger partial charge in [-0.15, -0.1) is 0 Å². The van der Waals surface area contributed by atoms with E-state index in [4.69, 9.17) is 0 Å². The van der Waals surface area contributed by atoms with Crippen molar-refractivity contribution in [3.8, 4) is 0 Å². The monoisotopic (exact) mass is 287 g/mol. The largest absolute Gasteiger partial charge is 0.411 e. The number of carbonyl (C=O) groups excluding carboxylic acids is 2. The predicted octanol–water partition coefficient (Wildman–Crippen LogP) is 2.33. The maximum atomic E-state index is 11.8. The second-order valence-corrected chi connectivity index (χ2v) is 4.44. The molecule has 7 heteroatoms. The van der Waals surface area contributed by atoms with Gasteiger partial charge >= 0.3 is 6.18 Å². The van der Waals surface area contributed by atoms with E-state index in [0.717, 1.165) is 5.56 Å². The van der Waals surface area contributed by atoms with Crippen LogP contribution in [0.5, 0.6) is 0 Å². The van der Waals surface area contributed by atoms with Gasteiger partial charge in [0.2, 0.25) is 5.91 Å². The van der Waals surface area contributed by atoms with Gasteiger partial charge in [-0.3, -0.25) is 9.59 Å². The van der Waals surface area contributed by atoms with Crippen molar-refractivity contribution < 1.29 is 27.5 Å². The molecule has 1 aliphatic heterocycles. The second kappa shape index (κ2) is 5.62. The number of hydrogen-bond donors (Lipinski definition) is 1. The SMILES string of the molecule is O=C1Cc2cc(C(=O)CCOCC(F)(F)F)ccc2N1. The topological polar surface area (TPSA) is 55.4 Å². The second-order valence-electron chi connectivity index (χ2n) is 4.44. The Kier molecular flexibility index (Phi) is 4.08. The van der Waals surface area contributed by atoms with Crippen LogP contribution in [-0.4, -0.2) is 31.1 Å². The first-order valence-corrected chi connectivity index (χ1v) is 5.95. The van der Waals surface area contributed by atoms with Gasteiger partial charge < -0.3 is 10.1 Å². The molecule has 1 aromatic rings. The van der Waals surface area contributed by atoms with E-state index in [2.05, 4.69) is 10.1 Å². The number of ether oxygens (including phenoxy) is 1. The van der Waals surface area contributed by atoms with Gasteiger partial charge in [0.1, 0.15) is 6.61 Å². The molecule has 0 aromatic heterocycles. The van der Waals surface area contributed by atoms with Crippen LogP contribution < -0.4 is 5.32 Å². The molecule has 1 aromatic carbocycles. The van der Waals surface area contributed by atoms with Crippen LogP contribution in [0.25, 0.3) is 0 Å². The van der Waals surface area contributed by atoms with Gasteiger partial charge in [-0.25, -0.2) is 0 Å². The summed E-state index contributed by atoms with van der Waals surface area (Å²) in [6.07, 6.45) is -4.31. The zero-order valence-electron chi connectivity index (χ0n) is 10.4. The highest BCUT2D eigenvalue weighted by Crippen LogP contribution is 2.24. The van der Waals surface area contributed by atoms with E-state index >= 15 is 0 Å². The summed E-state index contributed by atoms with van der Waals surface area (Å²) in [4.78, 5) is 22.9. The fourth-order valence-electron chi connectivity index (χ4n) is 1.90. The molecule has 0 radical (unpaired) electrons. The Morgan fingerprint density at radius 3 is 2.80 bits per heavy atom. The van der Waals surface area contributed by atoms with Crippen molar-refractivity contribution in [1.29, 1.82) is 0 Å². The van der Waals surface area contributed by atoms with Gasteiger partial charge in [0, 0.05) is 17.7 Å². The lowest BCUT2D eigenvalue weighted by molar-refractivity contribution is -0.173. The van der Waals surface area contributed by atoms with Crippen LogP contribution in [0.3, 0.4) is 0 Å². The Hall–Kier alpha value is -1.89. The van der Waals surface area contributed by atoms with Crippen molar-refractivity contribution in [1.82, 2.24) is 0 Å². The fraction of sp³-hybridized carbons (Fsp3) is 0.385. The molecule has 0 spiro atoms. The van der Waals surface area contributed by atoms with E-state index in [1.165, 1.54) is 6.07 Å². The van der Waals surface area contributed by atoms with Gasteiger partial charge in [0.25, 0.3) is 0 Å². The summed E-state index contributed by atoms with van der Waals surface area (Å²) < 4.78 is 39.9. The summed E-state index contributed by atoms with van der Waals surface area (Å²) >= 11 is 0. The molecule has 0 saturated carbocycles. The van der Waals surface area contributed by atoms with Crippen molar-refractivity contribution in [2.45, 2.75) is 19.0 Å². The molecule has 0 bridgehead atoms. The molecule has 2 rings (SSSR count). The Labute approximate surface area is 112 Å². The third-order valence-corrected chi connectivity index (χ3v) is 2.79. The van der Waals surface area contributed by atoms with Crippen LogP contribution >= 0.6 is 0 Å². The molecule has 108 valence electrons. The number of rotatable bonds is 5. The van der Waals surface area contributed by atoms with Crippen LogP contribution in [0.4, 0.5) is 18.9 Å². The number of nitrogens with one attached hydrogen (secondary N) is 1. The number of amides is 1. The molecule has 1 heterocycles. The quantitative estimate of drug-likeness (QED) is 0.668. The average molecular weight is 287 g/mol. The van der Waals surface area contributed by atoms with E-state index in [1.807, 2.05) is 0 Å². The van der Waals surface area contributed by atoms with Gasteiger partial charge in [-0.1, -0.05) is 0 Å². The Morgan fingerprint density at radius 2 is 2.10 bits per heavy atom. The number of ketones is 1. The molecule has 0 atom stereocenters. The highest BCUT2D eigenvalue weighted by atomic mass is 19.4. The lowest BCUT2D eigenvalue weighted by atomic mass is 10.0. The Balaban J connectivity index is 1.88. The van der Waals surface area contributed by atoms with Gasteiger partial charge in [0.05, 0.1) is 13.0 Å². The number of alkyl halides is 3. The van der Waals surface area contributed by atoms with Crippen LogP contribution in [0.15, 0.2) is 18.2 Å². The molecular formula is C13H12F3NO3. The van der Waals surface area contributed by atoms with Crippen LogP contribution in [0.1, 0.15) is 22.3 Å². The van der Waals surface area contributed by atoms with Crippen molar-refractivity contribution in [2.75, 3.05) is 18.5 Å². The molecule has 1 aliphatic rings. The number of anilines is 1. The predicted molar refractivity (Wildman–Crippen MR) is 64.6 cm³/mol. The summed E-state index contributed by atoms with van der Waals surface area (Å²) in [5, 5.41) is 2.63. The lowest BCUT2D eigenvalue weighted by Crippen LogP contribution is -2.18. The number of hydrogen-bond acceptors (Lipinski definition) is 3. The Bertz CT molecular complexity index is 540. The third-order valence-electron chi connectivity index (χ3n) is 2.79. The first-order valence-electron chi connectivity index (χ1n) is 5.95. The standard InChI is InChI=1S/C13H12F3NO3/c14-13(15,16)7-20-4-3-11(18)8-1-2-10-9(5-8)6-12(19)17-10/h1-2,5H,3-4,6-7H2,(H,17,19). The molecular weight excluding hydrogens is 275 g/mol. The molecule has 0 fully saturated rings. The number of halogens is 3. The normalized spacial score (nSPS) is 14.1. The minimum atomic E-state index is -4.39. The zero-order chi connectivity index (χ0) is 14.8. The number of benzene rings is 1. The minimum absolute atomic E-state index is 0.129. The summed E-state index contributed by atoms with van der Waals surface area (Å²) in [5.74, 6) is -0.451. The first kappa shape index (κ1) is 14.5. The molecule has 1 N–H and O–H groups in total. The first-order chi connectivity index (χ1) is 9.35. The van der Waals surface area contributed by atoms with Crippen molar-refractivity contribution in [3.63, 3.8) is 0 Å². The molecule has 20 heavy (non-hydrogen) atoms. The highest BCUT2D eigenvalue weighted by Gasteiger charge is 2.27. The maximum absolute atomic E-state index is 11.8. The number of fused-ring (bicyclic) bond motifs is 1. The summed E-state index contributed by atoms with van der Waals surface area (Å²) in [6, 6.07) is 4.74. The van der Waals surface area contributed by atoms with E-state index in [9.17, 15) is 22.8 Å². The lowest BCUT2D eigenvalue weighted by Gasteiger charge is -2.07. The molecule has 4 nitrogen and oxygen atoms in total. The van der Waals surface area contributed by atoms with Crippen LogP contribution in [0.2, 0.25) is 0 Å². The maximum Gasteiger partial charge on any atom is 0.411 e. The smallest absolute Gasteiger partial charge is 0.372 e. The molecule has 0 unspecified atom stereocenters. The Morgan fingerprint density at radius 1 is 1.35 bits per heavy atom. The summed E-state index contributed by atoms with van der Waals surface area (Å²) in [5.41, 5.74) is 1.76. The van der Waals surface area contributed by atoms with E-state index in [-0.39, 0.29) is 31.1 Å². The average Bonchev–Trinajstić information content (AvgIpc) is 2.72. The summed E-state index contributed by atoms with van der Waals surface area (Å²) in [7, 11) is 0. The molecule has 0 aliphatic carbocycles. The summed E-state index contributed by atoms with van der Waals surface area (Å²) in [6.45, 7) is -1.64. The highest BCUT2D eigenvalue weighted by molar-refractivity contribution is 6.02. The van der Waals surface area contributed by atoms with Crippen molar-refractivity contribution in [2.24, 2.45) is 0 Å². The van der Waals surface area contributed by atoms with Crippen LogP contribution in [0, 0.1) is 0 Å². The zero-order valence-corrected chi connectivity index (χ0v) is 10.4. The van der Waals surface area contributed by atoms with Gasteiger partial charge in [0.15, 0.2) is 5.78 Å². The van der Waals surface area contributed by atoms with E-state index in [1.54, 1.807) is 12.1 Å². The van der Waals surface area contributed by atoms with Crippen molar-refractivity contribution >= 4 is 17.4 Å².